The van der Waals surface area contributed by atoms with Crippen molar-refractivity contribution >= 4 is 45.7 Å². The van der Waals surface area contributed by atoms with Gasteiger partial charge in [0.2, 0.25) is 5.91 Å². The standard InChI is InChI=1S/C22H20N4O2S/c1-13-4-5-17-11-14(2)21-24-25-22(26(21)19(17)10-13)29-12-20(28)23-18-8-6-16(7-9-18)15(3)27/h4-11H,12H2,1-3H3,(H,23,28). The molecular weight excluding hydrogens is 384 g/mol. The summed E-state index contributed by atoms with van der Waals surface area (Å²) in [6, 6.07) is 15.2. The number of pyridine rings is 1. The number of benzene rings is 2. The number of aryl methyl sites for hydroxylation is 2. The predicted octanol–water partition coefficient (Wildman–Crippen LogP) is 4.43. The average Bonchev–Trinajstić information content (AvgIpc) is 3.12. The van der Waals surface area contributed by atoms with Crippen LogP contribution in [-0.2, 0) is 4.79 Å². The Morgan fingerprint density at radius 2 is 1.79 bits per heavy atom. The van der Waals surface area contributed by atoms with Gasteiger partial charge in [0, 0.05) is 11.3 Å². The van der Waals surface area contributed by atoms with E-state index in [1.165, 1.54) is 18.7 Å². The molecule has 0 aliphatic carbocycles. The fourth-order valence-electron chi connectivity index (χ4n) is 3.22. The molecule has 29 heavy (non-hydrogen) atoms. The second-order valence-corrected chi connectivity index (χ2v) is 7.94. The van der Waals surface area contributed by atoms with Gasteiger partial charge in [-0.15, -0.1) is 10.2 Å². The van der Waals surface area contributed by atoms with Gasteiger partial charge < -0.3 is 5.32 Å². The normalized spacial score (nSPS) is 11.1. The number of amides is 1. The Morgan fingerprint density at radius 3 is 2.52 bits per heavy atom. The van der Waals surface area contributed by atoms with Crippen LogP contribution in [-0.4, -0.2) is 32.0 Å². The van der Waals surface area contributed by atoms with Crippen LogP contribution in [0.1, 0.15) is 28.4 Å². The number of ketones is 1. The minimum atomic E-state index is -0.143. The van der Waals surface area contributed by atoms with Gasteiger partial charge in [-0.25, -0.2) is 0 Å². The number of aromatic nitrogens is 3. The highest BCUT2D eigenvalue weighted by Gasteiger charge is 2.14. The van der Waals surface area contributed by atoms with Crippen LogP contribution >= 0.6 is 11.8 Å². The Balaban J connectivity index is 1.55. The summed E-state index contributed by atoms with van der Waals surface area (Å²) in [5, 5.41) is 13.3. The van der Waals surface area contributed by atoms with Crippen molar-refractivity contribution in [2.75, 3.05) is 11.1 Å². The van der Waals surface area contributed by atoms with Gasteiger partial charge in [0.1, 0.15) is 0 Å². The molecule has 2 aromatic heterocycles. The quantitative estimate of drug-likeness (QED) is 0.393. The lowest BCUT2D eigenvalue weighted by Crippen LogP contribution is -2.14. The number of hydrogen-bond acceptors (Lipinski definition) is 5. The number of carbonyl (C=O) groups excluding carboxylic acids is 2. The van der Waals surface area contributed by atoms with Gasteiger partial charge in [-0.1, -0.05) is 23.9 Å². The number of Topliss-reactive ketones (excluding diaryl/α,β-unsaturated/α-hetero) is 1. The first-order valence-electron chi connectivity index (χ1n) is 9.21. The molecule has 6 nitrogen and oxygen atoms in total. The van der Waals surface area contributed by atoms with Crippen LogP contribution in [0.15, 0.2) is 53.7 Å². The molecule has 0 unspecified atom stereocenters. The van der Waals surface area contributed by atoms with Crippen LogP contribution in [0.2, 0.25) is 0 Å². The molecular formula is C22H20N4O2S. The SMILES string of the molecule is CC(=O)c1ccc(NC(=O)CSc2nnc3c(C)cc4ccc(C)cc4n23)cc1. The number of carbonyl (C=O) groups is 2. The van der Waals surface area contributed by atoms with E-state index in [-0.39, 0.29) is 17.4 Å². The number of hydrogen-bond donors (Lipinski definition) is 1. The second kappa shape index (κ2) is 7.67. The Morgan fingerprint density at radius 1 is 1.03 bits per heavy atom. The van der Waals surface area contributed by atoms with Crippen LogP contribution in [0.3, 0.4) is 0 Å². The predicted molar refractivity (Wildman–Crippen MR) is 116 cm³/mol. The Labute approximate surface area is 172 Å². The first-order valence-corrected chi connectivity index (χ1v) is 10.2. The van der Waals surface area contributed by atoms with E-state index < -0.39 is 0 Å². The van der Waals surface area contributed by atoms with Crippen molar-refractivity contribution in [1.82, 2.24) is 14.6 Å². The van der Waals surface area contributed by atoms with E-state index in [1.54, 1.807) is 24.3 Å². The molecule has 4 rings (SSSR count). The van der Waals surface area contributed by atoms with Crippen molar-refractivity contribution in [3.8, 4) is 0 Å². The summed E-state index contributed by atoms with van der Waals surface area (Å²) >= 11 is 1.34. The molecule has 0 fully saturated rings. The lowest BCUT2D eigenvalue weighted by atomic mass is 10.1. The molecule has 7 heteroatoms. The molecule has 0 saturated carbocycles. The molecule has 1 N–H and O–H groups in total. The maximum absolute atomic E-state index is 12.4. The van der Waals surface area contributed by atoms with Gasteiger partial charge in [0.05, 0.1) is 11.3 Å². The minimum absolute atomic E-state index is 0.00475. The highest BCUT2D eigenvalue weighted by molar-refractivity contribution is 7.99. The monoisotopic (exact) mass is 404 g/mol. The Kier molecular flexibility index (Phi) is 5.07. The summed E-state index contributed by atoms with van der Waals surface area (Å²) in [5.41, 5.74) is 5.28. The molecule has 146 valence electrons. The van der Waals surface area contributed by atoms with Gasteiger partial charge in [-0.2, -0.15) is 0 Å². The zero-order chi connectivity index (χ0) is 20.5. The second-order valence-electron chi connectivity index (χ2n) is 7.00. The highest BCUT2D eigenvalue weighted by Crippen LogP contribution is 2.26. The van der Waals surface area contributed by atoms with Crippen LogP contribution in [0.4, 0.5) is 5.69 Å². The highest BCUT2D eigenvalue weighted by atomic mass is 32.2. The number of anilines is 1. The van der Waals surface area contributed by atoms with Gasteiger partial charge in [0.25, 0.3) is 0 Å². The summed E-state index contributed by atoms with van der Waals surface area (Å²) < 4.78 is 2.01. The molecule has 0 radical (unpaired) electrons. The van der Waals surface area contributed by atoms with Crippen molar-refractivity contribution in [1.29, 1.82) is 0 Å². The van der Waals surface area contributed by atoms with Crippen LogP contribution in [0.25, 0.3) is 16.6 Å². The fourth-order valence-corrected chi connectivity index (χ4v) is 3.96. The molecule has 0 bridgehead atoms. The summed E-state index contributed by atoms with van der Waals surface area (Å²) in [5.74, 6) is 0.0570. The smallest absolute Gasteiger partial charge is 0.234 e. The van der Waals surface area contributed by atoms with Gasteiger partial charge in [-0.05, 0) is 73.7 Å². The molecule has 0 atom stereocenters. The number of nitrogens with one attached hydrogen (secondary N) is 1. The summed E-state index contributed by atoms with van der Waals surface area (Å²) in [4.78, 5) is 23.7. The van der Waals surface area contributed by atoms with E-state index >= 15 is 0 Å². The molecule has 1 amide bonds. The number of nitrogens with zero attached hydrogens (tertiary/aromatic N) is 3. The maximum Gasteiger partial charge on any atom is 0.234 e. The molecule has 4 aromatic rings. The molecule has 0 saturated heterocycles. The third-order valence-corrected chi connectivity index (χ3v) is 5.62. The third-order valence-electron chi connectivity index (χ3n) is 4.69. The third kappa shape index (κ3) is 3.86. The van der Waals surface area contributed by atoms with Crippen molar-refractivity contribution in [3.05, 3.63) is 65.2 Å². The zero-order valence-corrected chi connectivity index (χ0v) is 17.2. The van der Waals surface area contributed by atoms with E-state index in [4.69, 9.17) is 0 Å². The molecule has 0 spiro atoms. The number of fused-ring (bicyclic) bond motifs is 3. The fraction of sp³-hybridized carbons (Fsp3) is 0.182. The van der Waals surface area contributed by atoms with Crippen molar-refractivity contribution in [2.45, 2.75) is 25.9 Å². The Bertz CT molecular complexity index is 1250. The number of rotatable bonds is 5. The van der Waals surface area contributed by atoms with Gasteiger partial charge >= 0.3 is 0 Å². The molecule has 0 aliphatic heterocycles. The van der Waals surface area contributed by atoms with E-state index in [9.17, 15) is 9.59 Å². The first-order chi connectivity index (χ1) is 13.9. The molecule has 0 aliphatic rings. The summed E-state index contributed by atoms with van der Waals surface area (Å²) in [6.45, 7) is 5.57. The van der Waals surface area contributed by atoms with Crippen LogP contribution < -0.4 is 5.32 Å². The lowest BCUT2D eigenvalue weighted by molar-refractivity contribution is -0.113. The van der Waals surface area contributed by atoms with E-state index in [2.05, 4.69) is 39.8 Å². The van der Waals surface area contributed by atoms with E-state index in [0.717, 1.165) is 27.7 Å². The molecule has 2 heterocycles. The van der Waals surface area contributed by atoms with Crippen LogP contribution in [0, 0.1) is 13.8 Å². The van der Waals surface area contributed by atoms with Crippen molar-refractivity contribution < 1.29 is 9.59 Å². The largest absolute Gasteiger partial charge is 0.325 e. The summed E-state index contributed by atoms with van der Waals surface area (Å²) in [7, 11) is 0. The number of thioether (sulfide) groups is 1. The Hall–Kier alpha value is -3.19. The van der Waals surface area contributed by atoms with Crippen molar-refractivity contribution in [3.63, 3.8) is 0 Å². The van der Waals surface area contributed by atoms with E-state index in [1.807, 2.05) is 18.2 Å². The van der Waals surface area contributed by atoms with Gasteiger partial charge in [0.15, 0.2) is 16.6 Å². The first kappa shape index (κ1) is 19.1. The average molecular weight is 404 g/mol. The lowest BCUT2D eigenvalue weighted by Gasteiger charge is -2.08. The molecule has 2 aromatic carbocycles. The topological polar surface area (TPSA) is 76.4 Å². The minimum Gasteiger partial charge on any atom is -0.325 e. The van der Waals surface area contributed by atoms with E-state index in [0.29, 0.717) is 16.4 Å². The maximum atomic E-state index is 12.4. The zero-order valence-electron chi connectivity index (χ0n) is 16.4. The summed E-state index contributed by atoms with van der Waals surface area (Å²) in [6.07, 6.45) is 0. The van der Waals surface area contributed by atoms with Crippen molar-refractivity contribution in [2.24, 2.45) is 0 Å². The van der Waals surface area contributed by atoms with Crippen LogP contribution in [0.5, 0.6) is 0 Å². The van der Waals surface area contributed by atoms with Gasteiger partial charge in [-0.3, -0.25) is 14.0 Å².